The molecule has 1 fully saturated rings. The highest BCUT2D eigenvalue weighted by Crippen LogP contribution is 2.24. The van der Waals surface area contributed by atoms with Gasteiger partial charge in [0.15, 0.2) is 0 Å². The van der Waals surface area contributed by atoms with E-state index in [2.05, 4.69) is 22.6 Å². The summed E-state index contributed by atoms with van der Waals surface area (Å²) in [5.41, 5.74) is 1.02. The Morgan fingerprint density at radius 2 is 2.38 bits per heavy atom. The van der Waals surface area contributed by atoms with E-state index in [9.17, 15) is 5.11 Å². The third kappa shape index (κ3) is 3.43. The van der Waals surface area contributed by atoms with Crippen molar-refractivity contribution in [2.75, 3.05) is 6.61 Å². The van der Waals surface area contributed by atoms with Crippen LogP contribution < -0.4 is 0 Å². The van der Waals surface area contributed by atoms with Gasteiger partial charge in [0, 0.05) is 10.2 Å². The molecular formula is C13H17IO2. The van der Waals surface area contributed by atoms with Gasteiger partial charge in [-0.05, 0) is 66.0 Å². The van der Waals surface area contributed by atoms with Crippen molar-refractivity contribution >= 4 is 22.6 Å². The zero-order valence-electron chi connectivity index (χ0n) is 9.23. The second kappa shape index (κ2) is 5.98. The Labute approximate surface area is 110 Å². The molecule has 0 aromatic heterocycles. The molecule has 2 rings (SSSR count). The van der Waals surface area contributed by atoms with Crippen LogP contribution in [0.2, 0.25) is 0 Å². The predicted octanol–water partition coefficient (Wildman–Crippen LogP) is 3.28. The maximum absolute atomic E-state index is 10.0. The monoisotopic (exact) mass is 332 g/mol. The quantitative estimate of drug-likeness (QED) is 0.858. The number of rotatable bonds is 4. The highest BCUT2D eigenvalue weighted by Gasteiger charge is 2.17. The minimum atomic E-state index is -0.348. The molecule has 1 heterocycles. The van der Waals surface area contributed by atoms with Crippen LogP contribution in [0.15, 0.2) is 24.3 Å². The molecule has 2 atom stereocenters. The van der Waals surface area contributed by atoms with Crippen LogP contribution >= 0.6 is 22.6 Å². The van der Waals surface area contributed by atoms with Crippen molar-refractivity contribution in [3.8, 4) is 0 Å². The van der Waals surface area contributed by atoms with Crippen LogP contribution in [0.5, 0.6) is 0 Å². The second-order valence-corrected chi connectivity index (χ2v) is 5.53. The lowest BCUT2D eigenvalue weighted by atomic mass is 10.0. The average Bonchev–Trinajstić information content (AvgIpc) is 2.78. The number of hydrogen-bond donors (Lipinski definition) is 1. The number of ether oxygens (including phenoxy) is 1. The maximum atomic E-state index is 10.0. The van der Waals surface area contributed by atoms with Gasteiger partial charge in [-0.25, -0.2) is 0 Å². The molecule has 0 spiro atoms. The van der Waals surface area contributed by atoms with Gasteiger partial charge in [0.2, 0.25) is 0 Å². The van der Waals surface area contributed by atoms with Crippen LogP contribution in [-0.2, 0) is 4.74 Å². The van der Waals surface area contributed by atoms with Gasteiger partial charge in [0.1, 0.15) is 0 Å². The summed E-state index contributed by atoms with van der Waals surface area (Å²) in [6.07, 6.45) is 4.11. The molecule has 1 aromatic rings. The highest BCUT2D eigenvalue weighted by molar-refractivity contribution is 14.1. The molecule has 1 aliphatic heterocycles. The van der Waals surface area contributed by atoms with Gasteiger partial charge >= 0.3 is 0 Å². The minimum absolute atomic E-state index is 0.348. The van der Waals surface area contributed by atoms with E-state index in [1.54, 1.807) is 0 Å². The lowest BCUT2D eigenvalue weighted by Crippen LogP contribution is -2.08. The van der Waals surface area contributed by atoms with Crippen molar-refractivity contribution in [2.24, 2.45) is 0 Å². The van der Waals surface area contributed by atoms with E-state index in [0.29, 0.717) is 6.10 Å². The molecule has 0 radical (unpaired) electrons. The first-order valence-electron chi connectivity index (χ1n) is 5.81. The normalized spacial score (nSPS) is 22.2. The molecule has 1 N–H and O–H groups in total. The van der Waals surface area contributed by atoms with Crippen molar-refractivity contribution in [1.29, 1.82) is 0 Å². The van der Waals surface area contributed by atoms with Crippen molar-refractivity contribution in [3.63, 3.8) is 0 Å². The summed E-state index contributed by atoms with van der Waals surface area (Å²) in [7, 11) is 0. The molecule has 3 heteroatoms. The topological polar surface area (TPSA) is 29.5 Å². The Morgan fingerprint density at radius 1 is 1.50 bits per heavy atom. The smallest absolute Gasteiger partial charge is 0.0791 e. The van der Waals surface area contributed by atoms with E-state index in [1.807, 2.05) is 24.3 Å². The Balaban J connectivity index is 1.85. The molecule has 1 saturated heterocycles. The highest BCUT2D eigenvalue weighted by atomic mass is 127. The van der Waals surface area contributed by atoms with Crippen molar-refractivity contribution in [1.82, 2.24) is 0 Å². The van der Waals surface area contributed by atoms with Crippen molar-refractivity contribution in [2.45, 2.75) is 37.9 Å². The molecule has 0 amide bonds. The Hall–Kier alpha value is -0.130. The van der Waals surface area contributed by atoms with Crippen LogP contribution in [-0.4, -0.2) is 17.8 Å². The van der Waals surface area contributed by atoms with Gasteiger partial charge in [-0.3, -0.25) is 0 Å². The van der Waals surface area contributed by atoms with Crippen LogP contribution in [0.25, 0.3) is 0 Å². The molecule has 0 aliphatic carbocycles. The van der Waals surface area contributed by atoms with Crippen LogP contribution in [0.4, 0.5) is 0 Å². The molecule has 2 nitrogen and oxygen atoms in total. The number of aliphatic hydroxyl groups excluding tert-OH is 1. The number of hydrogen-bond acceptors (Lipinski definition) is 2. The Kier molecular flexibility index (Phi) is 4.61. The fourth-order valence-electron chi connectivity index (χ4n) is 2.10. The number of benzene rings is 1. The van der Waals surface area contributed by atoms with Gasteiger partial charge < -0.3 is 9.84 Å². The molecular weight excluding hydrogens is 315 g/mol. The Morgan fingerprint density at radius 3 is 3.06 bits per heavy atom. The standard InChI is InChI=1S/C13H17IO2/c14-11-4-1-3-10(9-11)13(15)7-6-12-5-2-8-16-12/h1,3-4,9,12-13,15H,2,5-8H2. The summed E-state index contributed by atoms with van der Waals surface area (Å²) in [4.78, 5) is 0. The fraction of sp³-hybridized carbons (Fsp3) is 0.538. The third-order valence-corrected chi connectivity index (χ3v) is 3.69. The minimum Gasteiger partial charge on any atom is -0.388 e. The summed E-state index contributed by atoms with van der Waals surface area (Å²) < 4.78 is 6.72. The van der Waals surface area contributed by atoms with E-state index in [0.717, 1.165) is 31.4 Å². The van der Waals surface area contributed by atoms with Crippen LogP contribution in [0.3, 0.4) is 0 Å². The first kappa shape index (κ1) is 12.3. The number of halogens is 1. The Bertz CT molecular complexity index is 334. The molecule has 16 heavy (non-hydrogen) atoms. The summed E-state index contributed by atoms with van der Waals surface area (Å²) in [6, 6.07) is 8.06. The van der Waals surface area contributed by atoms with Crippen LogP contribution in [0, 0.1) is 3.57 Å². The first-order valence-corrected chi connectivity index (χ1v) is 6.89. The van der Waals surface area contributed by atoms with Crippen LogP contribution in [0.1, 0.15) is 37.4 Å². The number of aliphatic hydroxyl groups is 1. The van der Waals surface area contributed by atoms with E-state index < -0.39 is 0 Å². The van der Waals surface area contributed by atoms with Gasteiger partial charge in [-0.1, -0.05) is 12.1 Å². The van der Waals surface area contributed by atoms with Gasteiger partial charge in [-0.2, -0.15) is 0 Å². The lowest BCUT2D eigenvalue weighted by Gasteiger charge is -2.14. The summed E-state index contributed by atoms with van der Waals surface area (Å²) >= 11 is 2.27. The van der Waals surface area contributed by atoms with Crippen molar-refractivity contribution in [3.05, 3.63) is 33.4 Å². The first-order chi connectivity index (χ1) is 7.75. The van der Waals surface area contributed by atoms with E-state index in [4.69, 9.17) is 4.74 Å². The summed E-state index contributed by atoms with van der Waals surface area (Å²) in [5, 5.41) is 10.0. The zero-order chi connectivity index (χ0) is 11.4. The zero-order valence-corrected chi connectivity index (χ0v) is 11.4. The average molecular weight is 332 g/mol. The molecule has 2 unspecified atom stereocenters. The van der Waals surface area contributed by atoms with E-state index >= 15 is 0 Å². The molecule has 0 saturated carbocycles. The van der Waals surface area contributed by atoms with E-state index in [1.165, 1.54) is 9.99 Å². The molecule has 1 aliphatic rings. The second-order valence-electron chi connectivity index (χ2n) is 4.28. The molecule has 1 aromatic carbocycles. The third-order valence-electron chi connectivity index (χ3n) is 3.02. The van der Waals surface area contributed by atoms with Gasteiger partial charge in [-0.15, -0.1) is 0 Å². The maximum Gasteiger partial charge on any atom is 0.0791 e. The summed E-state index contributed by atoms with van der Waals surface area (Å²) in [6.45, 7) is 0.893. The molecule has 88 valence electrons. The van der Waals surface area contributed by atoms with Gasteiger partial charge in [0.25, 0.3) is 0 Å². The summed E-state index contributed by atoms with van der Waals surface area (Å²) in [5.74, 6) is 0. The largest absolute Gasteiger partial charge is 0.388 e. The lowest BCUT2D eigenvalue weighted by molar-refractivity contribution is 0.0812. The SMILES string of the molecule is OC(CCC1CCCO1)c1cccc(I)c1. The van der Waals surface area contributed by atoms with Crippen molar-refractivity contribution < 1.29 is 9.84 Å². The fourth-order valence-corrected chi connectivity index (χ4v) is 2.66. The predicted molar refractivity (Wildman–Crippen MR) is 72.3 cm³/mol. The van der Waals surface area contributed by atoms with E-state index in [-0.39, 0.29) is 6.10 Å². The molecule has 0 bridgehead atoms. The van der Waals surface area contributed by atoms with Gasteiger partial charge in [0.05, 0.1) is 12.2 Å².